The summed E-state index contributed by atoms with van der Waals surface area (Å²) in [5.74, 6) is 1.26. The molecule has 0 fully saturated rings. The van der Waals surface area contributed by atoms with E-state index in [1.165, 1.54) is 11.8 Å². The van der Waals surface area contributed by atoms with E-state index in [2.05, 4.69) is 19.9 Å². The fraction of sp³-hybridized carbons (Fsp3) is 0.154. The largest absolute Gasteiger partial charge is 0.494 e. The lowest BCUT2D eigenvalue weighted by Crippen LogP contribution is -1.93. The summed E-state index contributed by atoms with van der Waals surface area (Å²) in [5, 5.41) is 1.29. The molecular formula is C13H13N5OS. The number of hydrogen-bond acceptors (Lipinski definition) is 6. The van der Waals surface area contributed by atoms with Gasteiger partial charge in [0.2, 0.25) is 0 Å². The van der Waals surface area contributed by atoms with E-state index in [-0.39, 0.29) is 0 Å². The maximum atomic E-state index is 5.63. The van der Waals surface area contributed by atoms with E-state index in [9.17, 15) is 0 Å². The zero-order valence-corrected chi connectivity index (χ0v) is 11.6. The van der Waals surface area contributed by atoms with Crippen molar-refractivity contribution in [2.75, 3.05) is 12.3 Å². The summed E-state index contributed by atoms with van der Waals surface area (Å²) >= 11 is 1.34. The van der Waals surface area contributed by atoms with Crippen molar-refractivity contribution in [1.29, 1.82) is 0 Å². The third-order valence-corrected chi connectivity index (χ3v) is 3.35. The first kappa shape index (κ1) is 12.7. The molecule has 6 nitrogen and oxygen atoms in total. The number of nitrogens with zero attached hydrogens (tertiary/aromatic N) is 3. The monoisotopic (exact) mass is 287 g/mol. The topological polar surface area (TPSA) is 89.7 Å². The van der Waals surface area contributed by atoms with Gasteiger partial charge >= 0.3 is 0 Å². The van der Waals surface area contributed by atoms with Gasteiger partial charge in [-0.1, -0.05) is 0 Å². The van der Waals surface area contributed by atoms with Gasteiger partial charge in [-0.05, 0) is 36.9 Å². The number of imidazole rings is 1. The number of anilines is 1. The lowest BCUT2D eigenvalue weighted by molar-refractivity contribution is 0.340. The van der Waals surface area contributed by atoms with Crippen LogP contribution >= 0.6 is 11.8 Å². The highest BCUT2D eigenvalue weighted by molar-refractivity contribution is 7.99. The molecule has 0 saturated carbocycles. The smallest absolute Gasteiger partial charge is 0.197 e. The Morgan fingerprint density at radius 3 is 3.00 bits per heavy atom. The van der Waals surface area contributed by atoms with Crippen molar-refractivity contribution in [3.63, 3.8) is 0 Å². The molecule has 7 heteroatoms. The lowest BCUT2D eigenvalue weighted by Gasteiger charge is -2.00. The normalized spacial score (nSPS) is 10.8. The number of fused-ring (bicyclic) bond motifs is 1. The molecule has 0 aliphatic carbocycles. The molecule has 3 rings (SSSR count). The first-order valence-corrected chi connectivity index (χ1v) is 6.95. The van der Waals surface area contributed by atoms with Crippen LogP contribution < -0.4 is 10.5 Å². The summed E-state index contributed by atoms with van der Waals surface area (Å²) in [4.78, 5) is 16.0. The van der Waals surface area contributed by atoms with Gasteiger partial charge in [-0.15, -0.1) is 0 Å². The highest BCUT2D eigenvalue weighted by Gasteiger charge is 2.07. The molecule has 0 unspecified atom stereocenters. The number of nitrogen functional groups attached to an aromatic ring is 1. The van der Waals surface area contributed by atoms with Crippen molar-refractivity contribution >= 4 is 28.6 Å². The maximum absolute atomic E-state index is 5.63. The SMILES string of the molecule is CCOc1ccc2nc(Sc3nccc(N)n3)[nH]c2c1. The van der Waals surface area contributed by atoms with Gasteiger partial charge in [-0.25, -0.2) is 15.0 Å². The average molecular weight is 287 g/mol. The summed E-state index contributed by atoms with van der Waals surface area (Å²) in [6.45, 7) is 2.59. The molecular weight excluding hydrogens is 274 g/mol. The molecule has 2 heterocycles. The van der Waals surface area contributed by atoms with Crippen molar-refractivity contribution in [1.82, 2.24) is 19.9 Å². The zero-order valence-electron chi connectivity index (χ0n) is 10.8. The van der Waals surface area contributed by atoms with Crippen molar-refractivity contribution < 1.29 is 4.74 Å². The molecule has 0 aliphatic rings. The van der Waals surface area contributed by atoms with E-state index in [4.69, 9.17) is 10.5 Å². The van der Waals surface area contributed by atoms with Gasteiger partial charge in [0.15, 0.2) is 10.3 Å². The molecule has 0 saturated heterocycles. The zero-order chi connectivity index (χ0) is 13.9. The van der Waals surface area contributed by atoms with E-state index in [0.29, 0.717) is 17.6 Å². The lowest BCUT2D eigenvalue weighted by atomic mass is 10.3. The van der Waals surface area contributed by atoms with Gasteiger partial charge in [0.05, 0.1) is 17.6 Å². The molecule has 1 aromatic carbocycles. The number of nitrogens with two attached hydrogens (primary N) is 1. The fourth-order valence-electron chi connectivity index (χ4n) is 1.76. The average Bonchev–Trinajstić information content (AvgIpc) is 2.80. The quantitative estimate of drug-likeness (QED) is 0.716. The van der Waals surface area contributed by atoms with Crippen LogP contribution in [0.4, 0.5) is 5.82 Å². The predicted molar refractivity (Wildman–Crippen MR) is 77.8 cm³/mol. The van der Waals surface area contributed by atoms with E-state index in [1.54, 1.807) is 12.3 Å². The molecule has 0 amide bonds. The molecule has 0 atom stereocenters. The highest BCUT2D eigenvalue weighted by Crippen LogP contribution is 2.26. The molecule has 3 aromatic rings. The van der Waals surface area contributed by atoms with Gasteiger partial charge in [0, 0.05) is 12.3 Å². The molecule has 2 aromatic heterocycles. The summed E-state index contributed by atoms with van der Waals surface area (Å²) in [6.07, 6.45) is 1.63. The second kappa shape index (κ2) is 5.38. The molecule has 20 heavy (non-hydrogen) atoms. The number of ether oxygens (including phenoxy) is 1. The Morgan fingerprint density at radius 1 is 1.30 bits per heavy atom. The Kier molecular flexibility index (Phi) is 3.42. The van der Waals surface area contributed by atoms with E-state index < -0.39 is 0 Å². The molecule has 3 N–H and O–H groups in total. The Bertz CT molecular complexity index is 742. The van der Waals surface area contributed by atoms with Gasteiger partial charge in [-0.2, -0.15) is 0 Å². The standard InChI is InChI=1S/C13H13N5OS/c1-2-19-8-3-4-9-10(7-8)17-13(16-9)20-12-15-6-5-11(14)18-12/h3-7H,2H2,1H3,(H,16,17)(H2,14,15,18). The highest BCUT2D eigenvalue weighted by atomic mass is 32.2. The van der Waals surface area contributed by atoms with Gasteiger partial charge in [0.25, 0.3) is 0 Å². The first-order chi connectivity index (χ1) is 9.74. The minimum Gasteiger partial charge on any atom is -0.494 e. The van der Waals surface area contributed by atoms with Gasteiger partial charge < -0.3 is 15.5 Å². The molecule has 0 aliphatic heterocycles. The Balaban J connectivity index is 1.89. The van der Waals surface area contributed by atoms with Crippen LogP contribution in [-0.2, 0) is 0 Å². The number of hydrogen-bond donors (Lipinski definition) is 2. The second-order valence-corrected chi connectivity index (χ2v) is 4.98. The third-order valence-electron chi connectivity index (χ3n) is 2.59. The van der Waals surface area contributed by atoms with Gasteiger partial charge in [-0.3, -0.25) is 0 Å². The number of H-pyrrole nitrogens is 1. The van der Waals surface area contributed by atoms with Crippen LogP contribution in [0.3, 0.4) is 0 Å². The Labute approximate surface area is 119 Å². The summed E-state index contributed by atoms with van der Waals surface area (Å²) < 4.78 is 5.46. The van der Waals surface area contributed by atoms with Crippen LogP contribution in [0, 0.1) is 0 Å². The van der Waals surface area contributed by atoms with Crippen LogP contribution in [0.15, 0.2) is 40.8 Å². The van der Waals surface area contributed by atoms with Crippen LogP contribution in [0.5, 0.6) is 5.75 Å². The minimum atomic E-state index is 0.442. The summed E-state index contributed by atoms with van der Waals surface area (Å²) in [7, 11) is 0. The third kappa shape index (κ3) is 2.67. The summed E-state index contributed by atoms with van der Waals surface area (Å²) in [5.41, 5.74) is 7.42. The van der Waals surface area contributed by atoms with Crippen LogP contribution in [-0.4, -0.2) is 26.5 Å². The summed E-state index contributed by atoms with van der Waals surface area (Å²) in [6, 6.07) is 7.40. The number of nitrogens with one attached hydrogen (secondary N) is 1. The van der Waals surface area contributed by atoms with Crippen molar-refractivity contribution in [2.45, 2.75) is 17.2 Å². The van der Waals surface area contributed by atoms with E-state index in [1.807, 2.05) is 25.1 Å². The predicted octanol–water partition coefficient (Wildman–Crippen LogP) is 2.48. The number of benzene rings is 1. The van der Waals surface area contributed by atoms with Crippen LogP contribution in [0.1, 0.15) is 6.92 Å². The molecule has 0 radical (unpaired) electrons. The molecule has 102 valence electrons. The van der Waals surface area contributed by atoms with E-state index >= 15 is 0 Å². The molecule has 0 bridgehead atoms. The number of aromatic nitrogens is 4. The van der Waals surface area contributed by atoms with Crippen molar-refractivity contribution in [3.8, 4) is 5.75 Å². The number of aromatic amines is 1. The van der Waals surface area contributed by atoms with Crippen molar-refractivity contribution in [3.05, 3.63) is 30.5 Å². The fourth-order valence-corrected chi connectivity index (χ4v) is 2.50. The molecule has 0 spiro atoms. The van der Waals surface area contributed by atoms with Gasteiger partial charge in [0.1, 0.15) is 11.6 Å². The van der Waals surface area contributed by atoms with Crippen LogP contribution in [0.2, 0.25) is 0 Å². The Morgan fingerprint density at radius 2 is 2.20 bits per heavy atom. The second-order valence-electron chi connectivity index (χ2n) is 4.02. The maximum Gasteiger partial charge on any atom is 0.197 e. The van der Waals surface area contributed by atoms with E-state index in [0.717, 1.165) is 21.9 Å². The first-order valence-electron chi connectivity index (χ1n) is 6.13. The minimum absolute atomic E-state index is 0.442. The number of rotatable bonds is 4. The van der Waals surface area contributed by atoms with Crippen LogP contribution in [0.25, 0.3) is 11.0 Å². The Hall–Kier alpha value is -2.28. The van der Waals surface area contributed by atoms with Crippen molar-refractivity contribution in [2.24, 2.45) is 0 Å².